The molecule has 2 amide bonds. The van der Waals surface area contributed by atoms with Crippen LogP contribution in [0.4, 0.5) is 0 Å². The second-order valence-electron chi connectivity index (χ2n) is 8.40. The average molecular weight is 385 g/mol. The summed E-state index contributed by atoms with van der Waals surface area (Å²) in [5, 5.41) is 5.24. The summed E-state index contributed by atoms with van der Waals surface area (Å²) in [6, 6.07) is 13.9. The average Bonchev–Trinajstić information content (AvgIpc) is 2.65. The minimum atomic E-state index is -0.214. The number of ether oxygens (including phenoxy) is 1. The van der Waals surface area contributed by atoms with Crippen molar-refractivity contribution in [2.24, 2.45) is 0 Å². The number of hydrogen-bond donors (Lipinski definition) is 2. The van der Waals surface area contributed by atoms with Gasteiger partial charge in [0.25, 0.3) is 11.8 Å². The molecule has 6 nitrogen and oxygen atoms in total. The van der Waals surface area contributed by atoms with Gasteiger partial charge in [-0.15, -0.1) is 0 Å². The third-order valence-corrected chi connectivity index (χ3v) is 4.83. The van der Waals surface area contributed by atoms with Crippen LogP contribution >= 0.6 is 0 Å². The van der Waals surface area contributed by atoms with Crippen molar-refractivity contribution in [2.45, 2.75) is 26.3 Å². The van der Waals surface area contributed by atoms with Crippen LogP contribution in [-0.2, 0) is 9.59 Å². The first kappa shape index (κ1) is 20.1. The molecule has 1 aliphatic heterocycles. The second kappa shape index (κ2) is 8.61. The lowest BCUT2D eigenvalue weighted by atomic mass is 10.1. The van der Waals surface area contributed by atoms with Crippen LogP contribution in [0.1, 0.15) is 20.8 Å². The Labute approximate surface area is 166 Å². The summed E-state index contributed by atoms with van der Waals surface area (Å²) in [5.41, 5.74) is -0.214. The van der Waals surface area contributed by atoms with Gasteiger partial charge in [-0.2, -0.15) is 0 Å². The molecule has 2 aromatic rings. The molecule has 0 atom stereocenters. The highest BCUT2D eigenvalue weighted by molar-refractivity contribution is 5.84. The van der Waals surface area contributed by atoms with Crippen LogP contribution in [0.15, 0.2) is 42.5 Å². The van der Waals surface area contributed by atoms with Gasteiger partial charge in [-0.3, -0.25) is 9.59 Å². The highest BCUT2D eigenvalue weighted by Crippen LogP contribution is 2.20. The first-order valence-corrected chi connectivity index (χ1v) is 9.84. The Balaban J connectivity index is 1.44. The second-order valence-corrected chi connectivity index (χ2v) is 8.40. The van der Waals surface area contributed by atoms with Gasteiger partial charge in [0.1, 0.15) is 5.75 Å². The zero-order valence-corrected chi connectivity index (χ0v) is 17.0. The van der Waals surface area contributed by atoms with E-state index in [-0.39, 0.29) is 24.0 Å². The predicted octanol–water partition coefficient (Wildman–Crippen LogP) is 0.860. The smallest absolute Gasteiger partial charge is 0.275 e. The molecule has 0 radical (unpaired) electrons. The molecular weight excluding hydrogens is 354 g/mol. The molecule has 0 unspecified atom stereocenters. The molecule has 0 aromatic heterocycles. The molecular formula is C22H30N3O3+. The summed E-state index contributed by atoms with van der Waals surface area (Å²) in [5.74, 6) is 0.753. The normalized spacial score (nSPS) is 15.5. The van der Waals surface area contributed by atoms with Gasteiger partial charge < -0.3 is 19.9 Å². The summed E-state index contributed by atoms with van der Waals surface area (Å²) < 4.78 is 5.71. The summed E-state index contributed by atoms with van der Waals surface area (Å²) in [7, 11) is 0. The zero-order valence-electron chi connectivity index (χ0n) is 17.0. The minimum Gasteiger partial charge on any atom is -0.484 e. The van der Waals surface area contributed by atoms with Crippen LogP contribution < -0.4 is 15.0 Å². The van der Waals surface area contributed by atoms with Gasteiger partial charge in [0, 0.05) is 5.54 Å². The van der Waals surface area contributed by atoms with E-state index in [2.05, 4.69) is 5.32 Å². The third kappa shape index (κ3) is 5.70. The predicted molar refractivity (Wildman–Crippen MR) is 109 cm³/mol. The maximum absolute atomic E-state index is 12.5. The fourth-order valence-corrected chi connectivity index (χ4v) is 3.43. The lowest BCUT2D eigenvalue weighted by Crippen LogP contribution is -3.16. The zero-order chi connectivity index (χ0) is 20.1. The van der Waals surface area contributed by atoms with E-state index in [0.717, 1.165) is 23.9 Å². The van der Waals surface area contributed by atoms with Crippen LogP contribution in [0.25, 0.3) is 10.8 Å². The largest absolute Gasteiger partial charge is 0.484 e. The number of hydrogen-bond acceptors (Lipinski definition) is 3. The molecule has 28 heavy (non-hydrogen) atoms. The van der Waals surface area contributed by atoms with Crippen molar-refractivity contribution in [3.63, 3.8) is 0 Å². The number of quaternary nitrogens is 1. The molecule has 0 spiro atoms. The molecule has 150 valence electrons. The Morgan fingerprint density at radius 3 is 2.43 bits per heavy atom. The van der Waals surface area contributed by atoms with Gasteiger partial charge >= 0.3 is 0 Å². The topological polar surface area (TPSA) is 63.1 Å². The van der Waals surface area contributed by atoms with Crippen LogP contribution in [0.5, 0.6) is 5.75 Å². The Morgan fingerprint density at radius 2 is 1.75 bits per heavy atom. The van der Waals surface area contributed by atoms with E-state index in [0.29, 0.717) is 25.4 Å². The van der Waals surface area contributed by atoms with Gasteiger partial charge in [0.15, 0.2) is 13.2 Å². The molecule has 2 aromatic carbocycles. The van der Waals surface area contributed by atoms with Crippen LogP contribution in [0.2, 0.25) is 0 Å². The number of carbonyl (C=O) groups excluding carboxylic acids is 2. The Morgan fingerprint density at radius 1 is 1.07 bits per heavy atom. The molecule has 1 fully saturated rings. The summed E-state index contributed by atoms with van der Waals surface area (Å²) in [6.07, 6.45) is 0. The number of benzene rings is 2. The van der Waals surface area contributed by atoms with Crippen molar-refractivity contribution in [3.05, 3.63) is 42.5 Å². The number of nitrogens with zero attached hydrogens (tertiary/aromatic N) is 1. The maximum Gasteiger partial charge on any atom is 0.275 e. The first-order chi connectivity index (χ1) is 13.3. The number of amides is 2. The van der Waals surface area contributed by atoms with Crippen molar-refractivity contribution < 1.29 is 19.2 Å². The van der Waals surface area contributed by atoms with E-state index >= 15 is 0 Å². The third-order valence-electron chi connectivity index (χ3n) is 4.83. The Kier molecular flexibility index (Phi) is 6.19. The number of piperazine rings is 1. The number of fused-ring (bicyclic) bond motifs is 1. The molecule has 1 saturated heterocycles. The molecule has 0 aliphatic carbocycles. The number of rotatable bonds is 5. The van der Waals surface area contributed by atoms with E-state index in [4.69, 9.17) is 4.74 Å². The van der Waals surface area contributed by atoms with Crippen LogP contribution in [0, 0.1) is 0 Å². The monoisotopic (exact) mass is 384 g/mol. The van der Waals surface area contributed by atoms with E-state index < -0.39 is 0 Å². The summed E-state index contributed by atoms with van der Waals surface area (Å²) in [4.78, 5) is 27.6. The fourth-order valence-electron chi connectivity index (χ4n) is 3.43. The molecule has 0 bridgehead atoms. The van der Waals surface area contributed by atoms with E-state index in [1.54, 1.807) is 0 Å². The van der Waals surface area contributed by atoms with Crippen molar-refractivity contribution in [1.29, 1.82) is 0 Å². The molecule has 1 aliphatic rings. The van der Waals surface area contributed by atoms with E-state index in [9.17, 15) is 9.59 Å². The fraction of sp³-hybridized carbons (Fsp3) is 0.455. The van der Waals surface area contributed by atoms with Gasteiger partial charge in [-0.1, -0.05) is 30.3 Å². The van der Waals surface area contributed by atoms with E-state index in [1.165, 1.54) is 4.90 Å². The lowest BCUT2D eigenvalue weighted by molar-refractivity contribution is -0.896. The number of nitrogens with one attached hydrogen (secondary N) is 2. The standard InChI is InChI=1S/C22H29N3O3/c1-22(2,3)23-20(26)15-24-10-12-25(13-11-24)21(27)16-28-19-9-8-17-6-4-5-7-18(17)14-19/h4-9,14H,10-13,15-16H2,1-3H3,(H,23,26)/p+1. The quantitative estimate of drug-likeness (QED) is 0.804. The first-order valence-electron chi connectivity index (χ1n) is 9.84. The summed E-state index contributed by atoms with van der Waals surface area (Å²) >= 11 is 0. The van der Waals surface area contributed by atoms with Crippen molar-refractivity contribution in [1.82, 2.24) is 10.2 Å². The van der Waals surface area contributed by atoms with Gasteiger partial charge in [-0.25, -0.2) is 0 Å². The maximum atomic E-state index is 12.5. The lowest BCUT2D eigenvalue weighted by Gasteiger charge is -2.32. The van der Waals surface area contributed by atoms with E-state index in [1.807, 2.05) is 68.1 Å². The SMILES string of the molecule is CC(C)(C)NC(=O)C[NH+]1CCN(C(=O)COc2ccc3ccccc3c2)CC1. The van der Waals surface area contributed by atoms with Crippen molar-refractivity contribution in [3.8, 4) is 5.75 Å². The molecule has 2 N–H and O–H groups in total. The van der Waals surface area contributed by atoms with Crippen molar-refractivity contribution >= 4 is 22.6 Å². The number of carbonyl (C=O) groups is 2. The van der Waals surface area contributed by atoms with Gasteiger partial charge in [0.05, 0.1) is 26.2 Å². The van der Waals surface area contributed by atoms with Crippen LogP contribution in [-0.4, -0.2) is 61.6 Å². The minimum absolute atomic E-state index is 0.00801. The highest BCUT2D eigenvalue weighted by Gasteiger charge is 2.26. The molecule has 0 saturated carbocycles. The van der Waals surface area contributed by atoms with Crippen molar-refractivity contribution in [2.75, 3.05) is 39.3 Å². The Bertz CT molecular complexity index is 836. The molecule has 3 rings (SSSR count). The van der Waals surface area contributed by atoms with Gasteiger partial charge in [-0.05, 0) is 43.7 Å². The van der Waals surface area contributed by atoms with Gasteiger partial charge in [0.2, 0.25) is 0 Å². The molecule has 6 heteroatoms. The summed E-state index contributed by atoms with van der Waals surface area (Å²) in [6.45, 7) is 9.28. The molecule has 1 heterocycles. The highest BCUT2D eigenvalue weighted by atomic mass is 16.5. The van der Waals surface area contributed by atoms with Crippen LogP contribution in [0.3, 0.4) is 0 Å². The Hall–Kier alpha value is -2.60.